The van der Waals surface area contributed by atoms with Crippen LogP contribution in [-0.2, 0) is 14.4 Å². The van der Waals surface area contributed by atoms with E-state index in [0.29, 0.717) is 17.1 Å². The largest absolute Gasteiger partial charge is 0.508 e. The van der Waals surface area contributed by atoms with Gasteiger partial charge in [-0.1, -0.05) is 36.4 Å². The zero-order chi connectivity index (χ0) is 26.3. The van der Waals surface area contributed by atoms with Crippen LogP contribution in [0.3, 0.4) is 0 Å². The van der Waals surface area contributed by atoms with Gasteiger partial charge in [0.25, 0.3) is 0 Å². The van der Waals surface area contributed by atoms with Gasteiger partial charge in [0, 0.05) is 30.3 Å². The Bertz CT molecular complexity index is 1200. The highest BCUT2D eigenvalue weighted by atomic mass is 16.3. The second kappa shape index (κ2) is 11.5. The molecule has 0 bridgehead atoms. The molecule has 0 saturated carbocycles. The van der Waals surface area contributed by atoms with Crippen LogP contribution < -0.4 is 15.5 Å². The van der Waals surface area contributed by atoms with E-state index in [2.05, 4.69) is 15.6 Å². The number of anilines is 2. The Morgan fingerprint density at radius 3 is 2.22 bits per heavy atom. The number of para-hydroxylation sites is 1. The number of nitrogens with one attached hydrogen (secondary N) is 2. The Morgan fingerprint density at radius 1 is 0.944 bits per heavy atom. The number of aryl methyl sites for hydroxylation is 1. The first-order valence-corrected chi connectivity index (χ1v) is 11.7. The van der Waals surface area contributed by atoms with Gasteiger partial charge in [-0.15, -0.1) is 0 Å². The molecule has 0 aliphatic rings. The number of pyridine rings is 1. The smallest absolute Gasteiger partial charge is 0.248 e. The van der Waals surface area contributed by atoms with Crippen molar-refractivity contribution in [2.24, 2.45) is 0 Å². The van der Waals surface area contributed by atoms with Crippen LogP contribution in [0.1, 0.15) is 50.8 Å². The van der Waals surface area contributed by atoms with Crippen molar-refractivity contribution in [1.29, 1.82) is 0 Å². The van der Waals surface area contributed by atoms with Crippen LogP contribution in [0, 0.1) is 6.92 Å². The van der Waals surface area contributed by atoms with E-state index < -0.39 is 11.6 Å². The van der Waals surface area contributed by atoms with Gasteiger partial charge in [-0.05, 0) is 69.2 Å². The van der Waals surface area contributed by atoms with Crippen LogP contribution >= 0.6 is 0 Å². The molecule has 36 heavy (non-hydrogen) atoms. The van der Waals surface area contributed by atoms with E-state index in [-0.39, 0.29) is 36.3 Å². The maximum absolute atomic E-state index is 13.7. The number of hydrogen-bond acceptors (Lipinski definition) is 5. The first kappa shape index (κ1) is 26.4. The zero-order valence-electron chi connectivity index (χ0n) is 21.0. The number of benzene rings is 2. The number of aromatic hydroxyl groups is 1. The fourth-order valence-corrected chi connectivity index (χ4v) is 3.75. The van der Waals surface area contributed by atoms with Crippen molar-refractivity contribution in [3.63, 3.8) is 0 Å². The van der Waals surface area contributed by atoms with Crippen molar-refractivity contribution < 1.29 is 19.5 Å². The number of amides is 3. The highest BCUT2D eigenvalue weighted by Gasteiger charge is 2.35. The molecule has 8 heteroatoms. The minimum atomic E-state index is -1.02. The van der Waals surface area contributed by atoms with E-state index in [1.54, 1.807) is 48.7 Å². The van der Waals surface area contributed by atoms with Crippen LogP contribution in [0.15, 0.2) is 72.9 Å². The van der Waals surface area contributed by atoms with E-state index >= 15 is 0 Å². The molecule has 1 unspecified atom stereocenters. The molecule has 3 amide bonds. The second-order valence-electron chi connectivity index (χ2n) is 9.55. The molecule has 3 aromatic rings. The fraction of sp³-hybridized carbons (Fsp3) is 0.286. The maximum atomic E-state index is 13.7. The summed E-state index contributed by atoms with van der Waals surface area (Å²) < 4.78 is 0. The molecule has 1 heterocycles. The molecule has 188 valence electrons. The Morgan fingerprint density at radius 2 is 1.61 bits per heavy atom. The number of nitrogens with zero attached hydrogens (tertiary/aromatic N) is 2. The highest BCUT2D eigenvalue weighted by Crippen LogP contribution is 2.32. The summed E-state index contributed by atoms with van der Waals surface area (Å²) in [6.07, 6.45) is 1.36. The molecule has 0 aliphatic carbocycles. The van der Waals surface area contributed by atoms with Gasteiger partial charge in [-0.2, -0.15) is 0 Å². The molecule has 0 aliphatic heterocycles. The Hall–Kier alpha value is -4.20. The van der Waals surface area contributed by atoms with E-state index in [4.69, 9.17) is 0 Å². The van der Waals surface area contributed by atoms with E-state index in [1.165, 1.54) is 17.0 Å². The van der Waals surface area contributed by atoms with Gasteiger partial charge in [0.1, 0.15) is 17.6 Å². The van der Waals surface area contributed by atoms with Gasteiger partial charge in [-0.25, -0.2) is 4.98 Å². The molecule has 0 spiro atoms. The van der Waals surface area contributed by atoms with Gasteiger partial charge >= 0.3 is 0 Å². The van der Waals surface area contributed by atoms with E-state index in [1.807, 2.05) is 39.8 Å². The normalized spacial score (nSPS) is 11.9. The van der Waals surface area contributed by atoms with Crippen LogP contribution in [0.4, 0.5) is 11.5 Å². The summed E-state index contributed by atoms with van der Waals surface area (Å²) in [5.41, 5.74) is 1.35. The molecule has 0 fully saturated rings. The number of phenolic OH excluding ortho intramolecular Hbond substituents is 1. The molecule has 8 nitrogen and oxygen atoms in total. The van der Waals surface area contributed by atoms with Crippen molar-refractivity contribution in [2.75, 3.05) is 10.2 Å². The summed E-state index contributed by atoms with van der Waals surface area (Å²) in [5.74, 6) is -0.664. The van der Waals surface area contributed by atoms with E-state index in [9.17, 15) is 19.5 Å². The van der Waals surface area contributed by atoms with Crippen molar-refractivity contribution in [3.8, 4) is 5.75 Å². The predicted molar refractivity (Wildman–Crippen MR) is 140 cm³/mol. The minimum Gasteiger partial charge on any atom is -0.508 e. The molecule has 1 aromatic heterocycles. The van der Waals surface area contributed by atoms with Crippen LogP contribution in [0.25, 0.3) is 0 Å². The lowest BCUT2D eigenvalue weighted by Crippen LogP contribution is -2.49. The molecule has 3 N–H and O–H groups in total. The van der Waals surface area contributed by atoms with Crippen molar-refractivity contribution >= 4 is 29.2 Å². The molecule has 0 radical (unpaired) electrons. The number of rotatable bonds is 8. The van der Waals surface area contributed by atoms with Gasteiger partial charge in [0.2, 0.25) is 17.7 Å². The molecule has 1 atom stereocenters. The third kappa shape index (κ3) is 7.15. The van der Waals surface area contributed by atoms with E-state index in [0.717, 1.165) is 5.56 Å². The van der Waals surface area contributed by atoms with Crippen LogP contribution in [0.2, 0.25) is 0 Å². The van der Waals surface area contributed by atoms with Crippen LogP contribution in [0.5, 0.6) is 5.75 Å². The lowest BCUT2D eigenvalue weighted by atomic mass is 9.99. The number of phenols is 1. The van der Waals surface area contributed by atoms with Gasteiger partial charge < -0.3 is 15.7 Å². The van der Waals surface area contributed by atoms with Crippen molar-refractivity contribution in [3.05, 3.63) is 84.1 Å². The zero-order valence-corrected chi connectivity index (χ0v) is 21.0. The molecular weight excluding hydrogens is 456 g/mol. The molecular formula is C28H32N4O4. The maximum Gasteiger partial charge on any atom is 0.248 e. The summed E-state index contributed by atoms with van der Waals surface area (Å²) in [5, 5.41) is 15.5. The van der Waals surface area contributed by atoms with Gasteiger partial charge in [0.15, 0.2) is 0 Å². The lowest BCUT2D eigenvalue weighted by Gasteiger charge is -2.34. The monoisotopic (exact) mass is 488 g/mol. The standard InChI is InChI=1S/C28H32N4O4/c1-19-9-5-6-10-22(19)32(25(35)17-16-24(34)30-23-11-7-8-18-29-23)26(27(36)31-28(2,3)4)20-12-14-21(33)15-13-20/h5-15,18,26,33H,16-17H2,1-4H3,(H,31,36)(H,29,30,34). The Kier molecular flexibility index (Phi) is 8.42. The summed E-state index contributed by atoms with van der Waals surface area (Å²) in [6, 6.07) is 17.6. The molecule has 0 saturated heterocycles. The third-order valence-electron chi connectivity index (χ3n) is 5.36. The predicted octanol–water partition coefficient (Wildman–Crippen LogP) is 4.50. The number of carbonyl (C=O) groups is 3. The average Bonchev–Trinajstić information content (AvgIpc) is 2.82. The average molecular weight is 489 g/mol. The summed E-state index contributed by atoms with van der Waals surface area (Å²) in [4.78, 5) is 45.3. The SMILES string of the molecule is Cc1ccccc1N(C(=O)CCC(=O)Nc1ccccn1)C(C(=O)NC(C)(C)C)c1ccc(O)cc1. The quantitative estimate of drug-likeness (QED) is 0.432. The molecule has 2 aromatic carbocycles. The first-order valence-electron chi connectivity index (χ1n) is 11.7. The minimum absolute atomic E-state index is 0.0497. The van der Waals surface area contributed by atoms with Crippen molar-refractivity contribution in [2.45, 2.75) is 52.1 Å². The highest BCUT2D eigenvalue weighted by molar-refractivity contribution is 6.03. The fourth-order valence-electron chi connectivity index (χ4n) is 3.75. The number of hydrogen-bond donors (Lipinski definition) is 3. The number of carbonyl (C=O) groups excluding carboxylic acids is 3. The summed E-state index contributed by atoms with van der Waals surface area (Å²) in [7, 11) is 0. The third-order valence-corrected chi connectivity index (χ3v) is 5.36. The lowest BCUT2D eigenvalue weighted by molar-refractivity contribution is -0.128. The molecule has 3 rings (SSSR count). The van der Waals surface area contributed by atoms with Gasteiger partial charge in [-0.3, -0.25) is 19.3 Å². The Labute approximate surface area is 211 Å². The van der Waals surface area contributed by atoms with Gasteiger partial charge in [0.05, 0.1) is 0 Å². The first-order chi connectivity index (χ1) is 17.0. The van der Waals surface area contributed by atoms with Crippen molar-refractivity contribution in [1.82, 2.24) is 10.3 Å². The second-order valence-corrected chi connectivity index (χ2v) is 9.55. The van der Waals surface area contributed by atoms with Crippen LogP contribution in [-0.4, -0.2) is 33.4 Å². The Balaban J connectivity index is 1.96. The number of aromatic nitrogens is 1. The summed E-state index contributed by atoms with van der Waals surface area (Å²) in [6.45, 7) is 7.45. The summed E-state index contributed by atoms with van der Waals surface area (Å²) >= 11 is 0. The topological polar surface area (TPSA) is 112 Å².